The van der Waals surface area contributed by atoms with Crippen molar-refractivity contribution in [1.29, 1.82) is 0 Å². The predicted molar refractivity (Wildman–Crippen MR) is 127 cm³/mol. The molecule has 1 aliphatic rings. The molecular formula is C26H19ClN2O5. The number of carbonyl (C=O) groups is 2. The van der Waals surface area contributed by atoms with Crippen LogP contribution >= 0.6 is 11.6 Å². The fourth-order valence-electron chi connectivity index (χ4n) is 3.62. The third-order valence-electron chi connectivity index (χ3n) is 5.34. The molecule has 0 unspecified atom stereocenters. The Balaban J connectivity index is 1.28. The maximum atomic E-state index is 12.9. The van der Waals surface area contributed by atoms with Crippen molar-refractivity contribution in [2.75, 3.05) is 13.4 Å². The fraction of sp³-hybridized carbons (Fsp3) is 0.115. The average molecular weight is 475 g/mol. The molecule has 1 amide bonds. The second-order valence-electron chi connectivity index (χ2n) is 7.62. The van der Waals surface area contributed by atoms with Crippen LogP contribution in [0, 0.1) is 0 Å². The van der Waals surface area contributed by atoms with Crippen LogP contribution in [0.25, 0.3) is 22.2 Å². The Kier molecular flexibility index (Phi) is 6.01. The number of aromatic nitrogens is 1. The molecule has 0 radical (unpaired) electrons. The van der Waals surface area contributed by atoms with Gasteiger partial charge in [0, 0.05) is 22.5 Å². The van der Waals surface area contributed by atoms with E-state index in [4.69, 9.17) is 25.8 Å². The van der Waals surface area contributed by atoms with Crippen LogP contribution in [0.4, 0.5) is 0 Å². The smallest absolute Gasteiger partial charge is 0.339 e. The molecule has 0 aliphatic carbocycles. The molecule has 1 aromatic heterocycles. The lowest BCUT2D eigenvalue weighted by atomic mass is 10.0. The number of nitrogens with zero attached hydrogens (tertiary/aromatic N) is 1. The lowest BCUT2D eigenvalue weighted by molar-refractivity contribution is -0.124. The van der Waals surface area contributed by atoms with Gasteiger partial charge in [-0.25, -0.2) is 9.78 Å². The number of hydrogen-bond acceptors (Lipinski definition) is 6. The first kappa shape index (κ1) is 21.7. The second-order valence-corrected chi connectivity index (χ2v) is 8.06. The molecule has 170 valence electrons. The van der Waals surface area contributed by atoms with E-state index < -0.39 is 18.5 Å². The normalized spacial score (nSPS) is 11.9. The van der Waals surface area contributed by atoms with Gasteiger partial charge in [0.15, 0.2) is 18.1 Å². The van der Waals surface area contributed by atoms with Gasteiger partial charge in [-0.2, -0.15) is 0 Å². The summed E-state index contributed by atoms with van der Waals surface area (Å²) >= 11 is 5.99. The quantitative estimate of drug-likeness (QED) is 0.405. The van der Waals surface area contributed by atoms with Gasteiger partial charge in [-0.15, -0.1) is 0 Å². The molecule has 0 saturated carbocycles. The number of para-hydroxylation sites is 1. The van der Waals surface area contributed by atoms with Gasteiger partial charge in [0.25, 0.3) is 5.91 Å². The highest BCUT2D eigenvalue weighted by Gasteiger charge is 2.17. The minimum atomic E-state index is -0.605. The number of amides is 1. The second kappa shape index (κ2) is 9.41. The molecule has 1 N–H and O–H groups in total. The highest BCUT2D eigenvalue weighted by molar-refractivity contribution is 6.30. The zero-order valence-corrected chi connectivity index (χ0v) is 18.7. The van der Waals surface area contributed by atoms with Crippen molar-refractivity contribution in [1.82, 2.24) is 10.3 Å². The Hall–Kier alpha value is -4.10. The van der Waals surface area contributed by atoms with Crippen molar-refractivity contribution in [2.45, 2.75) is 6.54 Å². The Bertz CT molecular complexity index is 1390. The number of benzene rings is 3. The first-order valence-electron chi connectivity index (χ1n) is 10.5. The van der Waals surface area contributed by atoms with Gasteiger partial charge in [-0.1, -0.05) is 48.0 Å². The van der Waals surface area contributed by atoms with Gasteiger partial charge >= 0.3 is 5.97 Å². The number of pyridine rings is 1. The molecule has 0 bridgehead atoms. The largest absolute Gasteiger partial charge is 0.454 e. The van der Waals surface area contributed by atoms with Crippen LogP contribution in [0.2, 0.25) is 5.02 Å². The Morgan fingerprint density at radius 3 is 2.62 bits per heavy atom. The first-order valence-corrected chi connectivity index (χ1v) is 10.9. The van der Waals surface area contributed by atoms with Crippen LogP contribution < -0.4 is 14.8 Å². The number of nitrogens with one attached hydrogen (secondary N) is 1. The summed E-state index contributed by atoms with van der Waals surface area (Å²) in [6, 6.07) is 21.6. The standard InChI is InChI=1S/C26H19ClN2O5/c27-18-8-6-17(7-9-18)22-12-20(19-3-1-2-4-21(19)29-22)26(31)32-14-25(30)28-13-16-5-10-23-24(11-16)34-15-33-23/h1-12H,13-15H2,(H,28,30). The van der Waals surface area contributed by atoms with Crippen molar-refractivity contribution in [3.63, 3.8) is 0 Å². The number of carbonyl (C=O) groups excluding carboxylic acids is 2. The van der Waals surface area contributed by atoms with Crippen LogP contribution in [-0.4, -0.2) is 30.3 Å². The Labute approximate surface area is 200 Å². The van der Waals surface area contributed by atoms with Gasteiger partial charge < -0.3 is 19.5 Å². The number of halogens is 1. The van der Waals surface area contributed by atoms with E-state index in [-0.39, 0.29) is 13.3 Å². The maximum absolute atomic E-state index is 12.9. The minimum absolute atomic E-state index is 0.185. The van der Waals surface area contributed by atoms with Crippen molar-refractivity contribution >= 4 is 34.4 Å². The number of hydrogen-bond donors (Lipinski definition) is 1. The molecule has 0 atom stereocenters. The van der Waals surface area contributed by atoms with E-state index in [0.29, 0.717) is 38.7 Å². The molecule has 4 aromatic rings. The number of ether oxygens (including phenoxy) is 3. The van der Waals surface area contributed by atoms with E-state index in [2.05, 4.69) is 10.3 Å². The monoisotopic (exact) mass is 474 g/mol. The predicted octanol–water partition coefficient (Wildman–Crippen LogP) is 4.76. The summed E-state index contributed by atoms with van der Waals surface area (Å²) in [4.78, 5) is 29.9. The summed E-state index contributed by atoms with van der Waals surface area (Å²) in [6.07, 6.45) is 0. The van der Waals surface area contributed by atoms with Crippen LogP contribution in [0.15, 0.2) is 72.8 Å². The maximum Gasteiger partial charge on any atom is 0.339 e. The third kappa shape index (κ3) is 4.65. The van der Waals surface area contributed by atoms with E-state index in [1.165, 1.54) is 0 Å². The van der Waals surface area contributed by atoms with E-state index in [1.807, 2.05) is 36.4 Å². The molecular weight excluding hydrogens is 456 g/mol. The van der Waals surface area contributed by atoms with Crippen LogP contribution in [0.5, 0.6) is 11.5 Å². The zero-order chi connectivity index (χ0) is 23.5. The van der Waals surface area contributed by atoms with Crippen molar-refractivity contribution < 1.29 is 23.8 Å². The van der Waals surface area contributed by atoms with Crippen molar-refractivity contribution in [2.24, 2.45) is 0 Å². The SMILES string of the molecule is O=C(COC(=O)c1cc(-c2ccc(Cl)cc2)nc2ccccc12)NCc1ccc2c(c1)OCO2. The molecule has 0 saturated heterocycles. The van der Waals surface area contributed by atoms with Crippen molar-refractivity contribution in [3.8, 4) is 22.8 Å². The molecule has 34 heavy (non-hydrogen) atoms. The minimum Gasteiger partial charge on any atom is -0.454 e. The summed E-state index contributed by atoms with van der Waals surface area (Å²) in [7, 11) is 0. The average Bonchev–Trinajstić information content (AvgIpc) is 3.34. The van der Waals surface area contributed by atoms with E-state index >= 15 is 0 Å². The van der Waals surface area contributed by atoms with Crippen LogP contribution in [-0.2, 0) is 16.1 Å². The Morgan fingerprint density at radius 1 is 0.971 bits per heavy atom. The zero-order valence-electron chi connectivity index (χ0n) is 17.9. The van der Waals surface area contributed by atoms with Gasteiger partial charge in [-0.05, 0) is 42.0 Å². The summed E-state index contributed by atoms with van der Waals surface area (Å²) in [5.74, 6) is 0.292. The molecule has 8 heteroatoms. The topological polar surface area (TPSA) is 86.8 Å². The van der Waals surface area contributed by atoms with Gasteiger partial charge in [0.1, 0.15) is 0 Å². The van der Waals surface area contributed by atoms with Gasteiger partial charge in [0.05, 0.1) is 16.8 Å². The summed E-state index contributed by atoms with van der Waals surface area (Å²) in [5, 5.41) is 3.99. The summed E-state index contributed by atoms with van der Waals surface area (Å²) in [6.45, 7) is 0.0484. The lowest BCUT2D eigenvalue weighted by Gasteiger charge is -2.11. The summed E-state index contributed by atoms with van der Waals surface area (Å²) < 4.78 is 15.9. The fourth-order valence-corrected chi connectivity index (χ4v) is 3.75. The molecule has 3 aromatic carbocycles. The molecule has 1 aliphatic heterocycles. The highest BCUT2D eigenvalue weighted by Crippen LogP contribution is 2.32. The number of rotatable bonds is 6. The van der Waals surface area contributed by atoms with E-state index in [9.17, 15) is 9.59 Å². The van der Waals surface area contributed by atoms with E-state index in [1.54, 1.807) is 36.4 Å². The third-order valence-corrected chi connectivity index (χ3v) is 5.59. The summed E-state index contributed by atoms with van der Waals surface area (Å²) in [5.41, 5.74) is 3.24. The molecule has 2 heterocycles. The number of fused-ring (bicyclic) bond motifs is 2. The highest BCUT2D eigenvalue weighted by atomic mass is 35.5. The van der Waals surface area contributed by atoms with Crippen molar-refractivity contribution in [3.05, 3.63) is 88.9 Å². The van der Waals surface area contributed by atoms with Gasteiger partial charge in [-0.3, -0.25) is 4.79 Å². The number of esters is 1. The lowest BCUT2D eigenvalue weighted by Crippen LogP contribution is -2.28. The Morgan fingerprint density at radius 2 is 1.76 bits per heavy atom. The molecule has 5 rings (SSSR count). The van der Waals surface area contributed by atoms with E-state index in [0.717, 1.165) is 11.1 Å². The molecule has 7 nitrogen and oxygen atoms in total. The van der Waals surface area contributed by atoms with Crippen LogP contribution in [0.1, 0.15) is 15.9 Å². The molecule has 0 fully saturated rings. The van der Waals surface area contributed by atoms with Crippen LogP contribution in [0.3, 0.4) is 0 Å². The molecule has 0 spiro atoms. The van der Waals surface area contributed by atoms with Gasteiger partial charge in [0.2, 0.25) is 6.79 Å². The first-order chi connectivity index (χ1) is 16.6.